The molecule has 1 N–H and O–H groups in total. The minimum atomic E-state index is -0.763. The van der Waals surface area contributed by atoms with E-state index in [0.29, 0.717) is 32.1 Å². The second-order valence-corrected chi connectivity index (χ2v) is 9.10. The smallest absolute Gasteiger partial charge is 0.242 e. The number of hydrogen-bond acceptors (Lipinski definition) is 2. The van der Waals surface area contributed by atoms with Crippen molar-refractivity contribution < 1.29 is 9.59 Å². The van der Waals surface area contributed by atoms with E-state index < -0.39 is 6.04 Å². The number of rotatable bonds is 8. The molecule has 0 spiro atoms. The van der Waals surface area contributed by atoms with Crippen molar-refractivity contribution >= 4 is 58.2 Å². The highest BCUT2D eigenvalue weighted by Gasteiger charge is 2.30. The Bertz CT molecular complexity index is 1120. The van der Waals surface area contributed by atoms with Crippen LogP contribution in [-0.4, -0.2) is 29.8 Å². The monoisotopic (exact) mass is 522 g/mol. The van der Waals surface area contributed by atoms with Crippen molar-refractivity contribution in [1.29, 1.82) is 0 Å². The first-order valence-corrected chi connectivity index (χ1v) is 11.7. The molecule has 1 atom stereocenters. The highest BCUT2D eigenvalue weighted by Crippen LogP contribution is 2.27. The Kier molecular flexibility index (Phi) is 9.04. The van der Waals surface area contributed by atoms with E-state index in [1.54, 1.807) is 43.4 Å². The van der Waals surface area contributed by atoms with Crippen LogP contribution in [-0.2, 0) is 29.0 Å². The lowest BCUT2D eigenvalue weighted by molar-refractivity contribution is -0.140. The van der Waals surface area contributed by atoms with Gasteiger partial charge in [0, 0.05) is 30.1 Å². The van der Waals surface area contributed by atoms with Gasteiger partial charge in [-0.1, -0.05) is 88.9 Å². The quantitative estimate of drug-likeness (QED) is 0.380. The van der Waals surface area contributed by atoms with Crippen molar-refractivity contribution in [3.63, 3.8) is 0 Å². The lowest BCUT2D eigenvalue weighted by Crippen LogP contribution is -2.50. The Morgan fingerprint density at radius 2 is 1.48 bits per heavy atom. The number of carbonyl (C=O) groups excluding carboxylic acids is 2. The van der Waals surface area contributed by atoms with Gasteiger partial charge in [-0.05, 0) is 41.0 Å². The first kappa shape index (κ1) is 25.4. The highest BCUT2D eigenvalue weighted by molar-refractivity contribution is 6.42. The van der Waals surface area contributed by atoms with Gasteiger partial charge in [-0.2, -0.15) is 0 Å². The fourth-order valence-electron chi connectivity index (χ4n) is 3.51. The third kappa shape index (κ3) is 6.64. The van der Waals surface area contributed by atoms with Gasteiger partial charge in [0.05, 0.1) is 16.5 Å². The van der Waals surface area contributed by atoms with E-state index in [-0.39, 0.29) is 24.8 Å². The molecular formula is C25H22Cl4N2O2. The van der Waals surface area contributed by atoms with Crippen molar-refractivity contribution in [3.05, 3.63) is 104 Å². The average molecular weight is 524 g/mol. The first-order chi connectivity index (χ1) is 15.8. The van der Waals surface area contributed by atoms with Gasteiger partial charge in [0.25, 0.3) is 0 Å². The molecule has 1 unspecified atom stereocenters. The van der Waals surface area contributed by atoms with Crippen LogP contribution >= 0.6 is 46.4 Å². The van der Waals surface area contributed by atoms with Crippen LogP contribution in [0.1, 0.15) is 16.7 Å². The molecule has 0 aliphatic heterocycles. The standard InChI is InChI=1S/C25H22Cl4N2O2/c1-30-25(33)23(13-16-6-3-2-4-7-16)31(15-17-10-11-21(28)22(29)12-17)24(32)14-18-19(26)8-5-9-20(18)27/h2-12,23H,13-15H2,1H3,(H,30,33). The van der Waals surface area contributed by atoms with Crippen LogP contribution < -0.4 is 5.32 Å². The third-order valence-electron chi connectivity index (χ3n) is 5.24. The number of carbonyl (C=O) groups is 2. The topological polar surface area (TPSA) is 49.4 Å². The minimum Gasteiger partial charge on any atom is -0.357 e. The summed E-state index contributed by atoms with van der Waals surface area (Å²) in [6, 6.07) is 19.0. The maximum absolute atomic E-state index is 13.6. The molecule has 3 aromatic rings. The number of halogens is 4. The van der Waals surface area contributed by atoms with E-state index in [9.17, 15) is 9.59 Å². The van der Waals surface area contributed by atoms with Gasteiger partial charge >= 0.3 is 0 Å². The molecule has 8 heteroatoms. The summed E-state index contributed by atoms with van der Waals surface area (Å²) in [6.45, 7) is 0.155. The van der Waals surface area contributed by atoms with E-state index in [4.69, 9.17) is 46.4 Å². The molecule has 0 saturated heterocycles. The summed E-state index contributed by atoms with van der Waals surface area (Å²) in [5.41, 5.74) is 2.18. The number of nitrogens with zero attached hydrogens (tertiary/aromatic N) is 1. The van der Waals surface area contributed by atoms with E-state index >= 15 is 0 Å². The molecular weight excluding hydrogens is 502 g/mol. The molecule has 3 rings (SSSR count). The molecule has 0 fully saturated rings. The first-order valence-electron chi connectivity index (χ1n) is 10.2. The molecule has 0 bridgehead atoms. The fraction of sp³-hybridized carbons (Fsp3) is 0.200. The molecule has 2 amide bonds. The average Bonchev–Trinajstić information content (AvgIpc) is 2.81. The molecule has 0 aliphatic carbocycles. The molecule has 0 radical (unpaired) electrons. The van der Waals surface area contributed by atoms with E-state index in [1.165, 1.54) is 4.90 Å². The lowest BCUT2D eigenvalue weighted by atomic mass is 10.0. The number of benzene rings is 3. The lowest BCUT2D eigenvalue weighted by Gasteiger charge is -2.31. The van der Waals surface area contributed by atoms with Crippen LogP contribution in [0.15, 0.2) is 66.7 Å². The van der Waals surface area contributed by atoms with E-state index in [1.807, 2.05) is 30.3 Å². The van der Waals surface area contributed by atoms with Crippen LogP contribution in [0.4, 0.5) is 0 Å². The Labute approximate surface area is 213 Å². The second-order valence-electron chi connectivity index (χ2n) is 7.47. The summed E-state index contributed by atoms with van der Waals surface area (Å²) in [6.07, 6.45) is 0.284. The van der Waals surface area contributed by atoms with Gasteiger partial charge in [-0.25, -0.2) is 0 Å². The number of nitrogens with one attached hydrogen (secondary N) is 1. The van der Waals surface area contributed by atoms with Crippen molar-refractivity contribution in [3.8, 4) is 0 Å². The van der Waals surface area contributed by atoms with Gasteiger partial charge < -0.3 is 10.2 Å². The second kappa shape index (κ2) is 11.8. The van der Waals surface area contributed by atoms with Crippen molar-refractivity contribution in [2.24, 2.45) is 0 Å². The normalized spacial score (nSPS) is 11.7. The van der Waals surface area contributed by atoms with Gasteiger partial charge in [0.1, 0.15) is 6.04 Å². The van der Waals surface area contributed by atoms with Gasteiger partial charge in [0.15, 0.2) is 0 Å². The van der Waals surface area contributed by atoms with Crippen LogP contribution in [0.2, 0.25) is 20.1 Å². The predicted molar refractivity (Wildman–Crippen MR) is 135 cm³/mol. The summed E-state index contributed by atoms with van der Waals surface area (Å²) >= 11 is 24.9. The number of amides is 2. The van der Waals surface area contributed by atoms with Gasteiger partial charge in [-0.3, -0.25) is 9.59 Å². The fourth-order valence-corrected chi connectivity index (χ4v) is 4.36. The van der Waals surface area contributed by atoms with E-state index in [2.05, 4.69) is 5.32 Å². The largest absolute Gasteiger partial charge is 0.357 e. The molecule has 3 aromatic carbocycles. The summed E-state index contributed by atoms with van der Waals surface area (Å²) < 4.78 is 0. The Morgan fingerprint density at radius 3 is 2.09 bits per heavy atom. The predicted octanol–water partition coefficient (Wildman–Crippen LogP) is 6.23. The van der Waals surface area contributed by atoms with E-state index in [0.717, 1.165) is 11.1 Å². The van der Waals surface area contributed by atoms with Gasteiger partial charge in [0.2, 0.25) is 11.8 Å². The minimum absolute atomic E-state index is 0.0535. The third-order valence-corrected chi connectivity index (χ3v) is 6.69. The van der Waals surface area contributed by atoms with Gasteiger partial charge in [-0.15, -0.1) is 0 Å². The van der Waals surface area contributed by atoms with Crippen LogP contribution in [0, 0.1) is 0 Å². The summed E-state index contributed by atoms with van der Waals surface area (Å²) in [5.74, 6) is -0.571. The summed E-state index contributed by atoms with van der Waals surface area (Å²) in [7, 11) is 1.55. The maximum Gasteiger partial charge on any atom is 0.242 e. The molecule has 0 heterocycles. The zero-order valence-electron chi connectivity index (χ0n) is 17.8. The van der Waals surface area contributed by atoms with Crippen molar-refractivity contribution in [2.45, 2.75) is 25.4 Å². The SMILES string of the molecule is CNC(=O)C(Cc1ccccc1)N(Cc1ccc(Cl)c(Cl)c1)C(=O)Cc1c(Cl)cccc1Cl. The van der Waals surface area contributed by atoms with Crippen LogP contribution in [0.5, 0.6) is 0 Å². The maximum atomic E-state index is 13.6. The van der Waals surface area contributed by atoms with Crippen molar-refractivity contribution in [2.75, 3.05) is 7.05 Å². The summed E-state index contributed by atoms with van der Waals surface area (Å²) in [4.78, 5) is 28.1. The zero-order valence-corrected chi connectivity index (χ0v) is 20.8. The molecule has 33 heavy (non-hydrogen) atoms. The summed E-state index contributed by atoms with van der Waals surface area (Å²) in [5, 5.41) is 4.25. The Hall–Kier alpha value is -2.24. The molecule has 4 nitrogen and oxygen atoms in total. The van der Waals surface area contributed by atoms with Crippen molar-refractivity contribution in [1.82, 2.24) is 10.2 Å². The molecule has 0 saturated carbocycles. The number of hydrogen-bond donors (Lipinski definition) is 1. The molecule has 0 aromatic heterocycles. The van der Waals surface area contributed by atoms with Crippen LogP contribution in [0.25, 0.3) is 0 Å². The molecule has 172 valence electrons. The zero-order chi connectivity index (χ0) is 24.0. The van der Waals surface area contributed by atoms with Crippen LogP contribution in [0.3, 0.4) is 0 Å². The highest BCUT2D eigenvalue weighted by atomic mass is 35.5. The number of likely N-dealkylation sites (N-methyl/N-ethyl adjacent to an activating group) is 1. The molecule has 0 aliphatic rings. The Balaban J connectivity index is 2.00. The Morgan fingerprint density at radius 1 is 0.818 bits per heavy atom.